The molecule has 0 atom stereocenters. The quantitative estimate of drug-likeness (QED) is 0.494. The minimum Gasteiger partial charge on any atom is -0.493 e. The SMILES string of the molecule is C=CCN1C(=O)NC(=O)/C(=C/c2ccc(OCC(C)C)cc2)C1=O. The number of urea groups is 1. The van der Waals surface area contributed by atoms with Gasteiger partial charge in [-0.05, 0) is 29.7 Å². The second kappa shape index (κ2) is 7.59. The summed E-state index contributed by atoms with van der Waals surface area (Å²) in [5.74, 6) is -0.202. The van der Waals surface area contributed by atoms with Gasteiger partial charge in [-0.1, -0.05) is 32.1 Å². The molecule has 1 N–H and O–H groups in total. The van der Waals surface area contributed by atoms with Crippen LogP contribution in [-0.2, 0) is 9.59 Å². The highest BCUT2D eigenvalue weighted by molar-refractivity contribution is 6.31. The van der Waals surface area contributed by atoms with Gasteiger partial charge in [-0.3, -0.25) is 19.8 Å². The Morgan fingerprint density at radius 1 is 1.21 bits per heavy atom. The van der Waals surface area contributed by atoms with Crippen LogP contribution in [0.15, 0.2) is 42.5 Å². The van der Waals surface area contributed by atoms with Crippen molar-refractivity contribution in [3.05, 3.63) is 48.1 Å². The average Bonchev–Trinajstić information content (AvgIpc) is 2.54. The zero-order valence-electron chi connectivity index (χ0n) is 13.7. The number of ether oxygens (including phenoxy) is 1. The number of hydrogen-bond acceptors (Lipinski definition) is 4. The van der Waals surface area contributed by atoms with Crippen molar-refractivity contribution in [3.63, 3.8) is 0 Å². The van der Waals surface area contributed by atoms with E-state index in [9.17, 15) is 14.4 Å². The van der Waals surface area contributed by atoms with E-state index in [1.165, 1.54) is 12.2 Å². The van der Waals surface area contributed by atoms with E-state index in [-0.39, 0.29) is 12.1 Å². The van der Waals surface area contributed by atoms with E-state index in [4.69, 9.17) is 4.74 Å². The number of carbonyl (C=O) groups is 3. The maximum atomic E-state index is 12.3. The first-order valence-electron chi connectivity index (χ1n) is 7.65. The zero-order valence-corrected chi connectivity index (χ0v) is 13.7. The smallest absolute Gasteiger partial charge is 0.331 e. The normalized spacial score (nSPS) is 16.5. The molecule has 0 aliphatic carbocycles. The van der Waals surface area contributed by atoms with Gasteiger partial charge in [0.05, 0.1) is 6.61 Å². The minimum absolute atomic E-state index is 0.0390. The molecule has 1 aliphatic heterocycles. The van der Waals surface area contributed by atoms with Crippen LogP contribution in [0.1, 0.15) is 19.4 Å². The number of benzene rings is 1. The molecule has 1 aliphatic rings. The lowest BCUT2D eigenvalue weighted by Gasteiger charge is -2.25. The molecule has 0 unspecified atom stereocenters. The Morgan fingerprint density at radius 2 is 1.88 bits per heavy atom. The molecule has 6 nitrogen and oxygen atoms in total. The fraction of sp³-hybridized carbons (Fsp3) is 0.278. The maximum absolute atomic E-state index is 12.3. The van der Waals surface area contributed by atoms with Crippen LogP contribution in [0.4, 0.5) is 4.79 Å². The van der Waals surface area contributed by atoms with Crippen LogP contribution >= 0.6 is 0 Å². The van der Waals surface area contributed by atoms with Crippen LogP contribution in [-0.4, -0.2) is 35.9 Å². The first-order valence-corrected chi connectivity index (χ1v) is 7.65. The molecule has 1 aromatic carbocycles. The number of nitrogens with zero attached hydrogens (tertiary/aromatic N) is 1. The Bertz CT molecular complexity index is 689. The molecule has 1 fully saturated rings. The first-order chi connectivity index (χ1) is 11.4. The lowest BCUT2D eigenvalue weighted by molar-refractivity contribution is -0.129. The molecule has 0 saturated carbocycles. The minimum atomic E-state index is -0.737. The molecule has 1 saturated heterocycles. The Kier molecular flexibility index (Phi) is 5.52. The number of barbiturate groups is 1. The first kappa shape index (κ1) is 17.5. The van der Waals surface area contributed by atoms with Crippen LogP contribution < -0.4 is 10.1 Å². The third-order valence-electron chi connectivity index (χ3n) is 3.27. The van der Waals surface area contributed by atoms with Crippen LogP contribution in [0.3, 0.4) is 0 Å². The number of nitrogens with one attached hydrogen (secondary N) is 1. The number of imide groups is 2. The number of carbonyl (C=O) groups excluding carboxylic acids is 3. The molecule has 2 rings (SSSR count). The molecule has 0 radical (unpaired) electrons. The summed E-state index contributed by atoms with van der Waals surface area (Å²) >= 11 is 0. The predicted octanol–water partition coefficient (Wildman–Crippen LogP) is 2.37. The Hall–Kier alpha value is -2.89. The van der Waals surface area contributed by atoms with Gasteiger partial charge in [0.1, 0.15) is 11.3 Å². The molecule has 1 aromatic rings. The van der Waals surface area contributed by atoms with Gasteiger partial charge >= 0.3 is 6.03 Å². The highest BCUT2D eigenvalue weighted by Gasteiger charge is 2.34. The van der Waals surface area contributed by atoms with E-state index in [0.29, 0.717) is 23.8 Å². The van der Waals surface area contributed by atoms with Gasteiger partial charge in [0.2, 0.25) is 0 Å². The fourth-order valence-electron chi connectivity index (χ4n) is 2.08. The molecule has 1 heterocycles. The van der Waals surface area contributed by atoms with Crippen LogP contribution in [0.25, 0.3) is 6.08 Å². The van der Waals surface area contributed by atoms with Crippen molar-refractivity contribution in [2.45, 2.75) is 13.8 Å². The second-order valence-corrected chi connectivity index (χ2v) is 5.80. The summed E-state index contributed by atoms with van der Waals surface area (Å²) in [5, 5.41) is 2.15. The standard InChI is InChI=1S/C18H20N2O4/c1-4-9-20-17(22)15(16(21)19-18(20)23)10-13-5-7-14(8-6-13)24-11-12(2)3/h4-8,10,12H,1,9,11H2,2-3H3,(H,19,21,23)/b15-10-. The lowest BCUT2D eigenvalue weighted by Crippen LogP contribution is -2.54. The van der Waals surface area contributed by atoms with Crippen molar-refractivity contribution in [2.24, 2.45) is 5.92 Å². The zero-order chi connectivity index (χ0) is 17.7. The van der Waals surface area contributed by atoms with E-state index in [1.54, 1.807) is 24.3 Å². The number of amides is 4. The van der Waals surface area contributed by atoms with Gasteiger partial charge in [0.25, 0.3) is 11.8 Å². The molecule has 0 aromatic heterocycles. The van der Waals surface area contributed by atoms with Gasteiger partial charge in [0, 0.05) is 6.54 Å². The van der Waals surface area contributed by atoms with Crippen molar-refractivity contribution < 1.29 is 19.1 Å². The van der Waals surface area contributed by atoms with Crippen LogP contribution in [0.2, 0.25) is 0 Å². The van der Waals surface area contributed by atoms with Gasteiger partial charge in [-0.25, -0.2) is 4.79 Å². The summed E-state index contributed by atoms with van der Waals surface area (Å²) in [5.41, 5.74) is 0.575. The van der Waals surface area contributed by atoms with Crippen LogP contribution in [0.5, 0.6) is 5.75 Å². The number of rotatable bonds is 6. The molecule has 24 heavy (non-hydrogen) atoms. The van der Waals surface area contributed by atoms with E-state index in [1.807, 2.05) is 0 Å². The lowest BCUT2D eigenvalue weighted by atomic mass is 10.1. The third-order valence-corrected chi connectivity index (χ3v) is 3.27. The Labute approximate surface area is 140 Å². The van der Waals surface area contributed by atoms with Gasteiger partial charge < -0.3 is 4.74 Å². The fourth-order valence-corrected chi connectivity index (χ4v) is 2.08. The number of hydrogen-bond donors (Lipinski definition) is 1. The molecule has 6 heteroatoms. The van der Waals surface area contributed by atoms with Gasteiger partial charge in [-0.2, -0.15) is 0 Å². The van der Waals surface area contributed by atoms with Gasteiger partial charge in [0.15, 0.2) is 0 Å². The Balaban J connectivity index is 2.19. The third kappa shape index (κ3) is 4.10. The van der Waals surface area contributed by atoms with Crippen molar-refractivity contribution in [2.75, 3.05) is 13.2 Å². The summed E-state index contributed by atoms with van der Waals surface area (Å²) in [6, 6.07) is 6.30. The largest absolute Gasteiger partial charge is 0.493 e. The van der Waals surface area contributed by atoms with Crippen LogP contribution in [0, 0.1) is 5.92 Å². The van der Waals surface area contributed by atoms with E-state index in [0.717, 1.165) is 4.90 Å². The summed E-state index contributed by atoms with van der Waals surface area (Å²) in [6.07, 6.45) is 2.87. The molecule has 4 amide bonds. The summed E-state index contributed by atoms with van der Waals surface area (Å²) < 4.78 is 5.59. The van der Waals surface area contributed by atoms with Crippen molar-refractivity contribution in [1.82, 2.24) is 10.2 Å². The van der Waals surface area contributed by atoms with Crippen molar-refractivity contribution in [3.8, 4) is 5.75 Å². The van der Waals surface area contributed by atoms with Crippen molar-refractivity contribution in [1.29, 1.82) is 0 Å². The molecule has 126 valence electrons. The average molecular weight is 328 g/mol. The van der Waals surface area contributed by atoms with E-state index in [2.05, 4.69) is 25.7 Å². The van der Waals surface area contributed by atoms with Gasteiger partial charge in [-0.15, -0.1) is 6.58 Å². The maximum Gasteiger partial charge on any atom is 0.331 e. The summed E-state index contributed by atoms with van der Waals surface area (Å²) in [4.78, 5) is 36.8. The summed E-state index contributed by atoms with van der Waals surface area (Å²) in [7, 11) is 0. The van der Waals surface area contributed by atoms with Crippen molar-refractivity contribution >= 4 is 23.9 Å². The molecular formula is C18H20N2O4. The topological polar surface area (TPSA) is 75.7 Å². The molecule has 0 bridgehead atoms. The highest BCUT2D eigenvalue weighted by atomic mass is 16.5. The highest BCUT2D eigenvalue weighted by Crippen LogP contribution is 2.18. The van der Waals surface area contributed by atoms with E-state index >= 15 is 0 Å². The molecular weight excluding hydrogens is 308 g/mol. The summed E-state index contributed by atoms with van der Waals surface area (Å²) in [6.45, 7) is 8.26. The van der Waals surface area contributed by atoms with E-state index < -0.39 is 17.8 Å². The monoisotopic (exact) mass is 328 g/mol. The predicted molar refractivity (Wildman–Crippen MR) is 90.2 cm³/mol. The molecule has 0 spiro atoms. The second-order valence-electron chi connectivity index (χ2n) is 5.80. The Morgan fingerprint density at radius 3 is 2.46 bits per heavy atom.